The molecule has 0 aliphatic rings. The van der Waals surface area contributed by atoms with E-state index < -0.39 is 17.7 Å². The average molecular weight is 323 g/mol. The van der Waals surface area contributed by atoms with Gasteiger partial charge in [0, 0.05) is 13.1 Å². The number of benzene rings is 1. The first kappa shape index (κ1) is 18.8. The summed E-state index contributed by atoms with van der Waals surface area (Å²) in [5, 5.41) is 5.18. The monoisotopic (exact) mass is 323 g/mol. The van der Waals surface area contributed by atoms with Gasteiger partial charge >= 0.3 is 6.09 Å². The second kappa shape index (κ2) is 8.38. The lowest BCUT2D eigenvalue weighted by Crippen LogP contribution is -2.51. The van der Waals surface area contributed by atoms with Gasteiger partial charge in [-0.25, -0.2) is 4.79 Å². The molecule has 0 spiro atoms. The largest absolute Gasteiger partial charge is 0.497 e. The third kappa shape index (κ3) is 7.01. The number of hydrogen-bond acceptors (Lipinski definition) is 5. The van der Waals surface area contributed by atoms with E-state index in [1.54, 1.807) is 40.0 Å². The van der Waals surface area contributed by atoms with E-state index in [0.717, 1.165) is 11.3 Å². The van der Waals surface area contributed by atoms with Gasteiger partial charge in [0.15, 0.2) is 0 Å². The molecule has 128 valence electrons. The van der Waals surface area contributed by atoms with Gasteiger partial charge in [0.05, 0.1) is 7.11 Å². The zero-order valence-corrected chi connectivity index (χ0v) is 14.0. The molecule has 0 fully saturated rings. The molecule has 1 atom stereocenters. The van der Waals surface area contributed by atoms with Gasteiger partial charge in [-0.2, -0.15) is 0 Å². The molecule has 0 aliphatic heterocycles. The summed E-state index contributed by atoms with van der Waals surface area (Å²) in [5.74, 6) is 0.376. The van der Waals surface area contributed by atoms with E-state index in [9.17, 15) is 9.59 Å². The molecule has 0 bridgehead atoms. The Labute approximate surface area is 136 Å². The van der Waals surface area contributed by atoms with E-state index in [1.165, 1.54) is 0 Å². The van der Waals surface area contributed by atoms with Crippen LogP contribution in [0.2, 0.25) is 0 Å². The van der Waals surface area contributed by atoms with Gasteiger partial charge in [0.25, 0.3) is 0 Å². The maximum absolute atomic E-state index is 12.1. The number of carbonyl (C=O) groups excluding carboxylic acids is 2. The van der Waals surface area contributed by atoms with Crippen LogP contribution in [-0.2, 0) is 16.1 Å². The molecule has 1 aromatic rings. The maximum atomic E-state index is 12.1. The fourth-order valence-electron chi connectivity index (χ4n) is 1.74. The van der Waals surface area contributed by atoms with Crippen molar-refractivity contribution in [2.45, 2.75) is 39.0 Å². The maximum Gasteiger partial charge on any atom is 0.408 e. The van der Waals surface area contributed by atoms with Crippen LogP contribution in [0.5, 0.6) is 5.75 Å². The summed E-state index contributed by atoms with van der Waals surface area (Å²) in [7, 11) is 1.59. The molecule has 0 saturated heterocycles. The van der Waals surface area contributed by atoms with E-state index in [1.807, 2.05) is 12.1 Å². The number of hydrogen-bond donors (Lipinski definition) is 3. The van der Waals surface area contributed by atoms with Crippen molar-refractivity contribution in [1.29, 1.82) is 0 Å². The third-order valence-electron chi connectivity index (χ3n) is 2.87. The van der Waals surface area contributed by atoms with Gasteiger partial charge in [-0.3, -0.25) is 4.79 Å². The first-order valence-corrected chi connectivity index (χ1v) is 7.35. The predicted molar refractivity (Wildman–Crippen MR) is 87.1 cm³/mol. The summed E-state index contributed by atoms with van der Waals surface area (Å²) in [5.41, 5.74) is 5.82. The minimum Gasteiger partial charge on any atom is -0.497 e. The average Bonchev–Trinajstić information content (AvgIpc) is 2.49. The van der Waals surface area contributed by atoms with Crippen LogP contribution in [-0.4, -0.2) is 37.3 Å². The normalized spacial score (nSPS) is 12.2. The lowest BCUT2D eigenvalue weighted by Gasteiger charge is -2.22. The zero-order valence-electron chi connectivity index (χ0n) is 14.0. The van der Waals surface area contributed by atoms with Gasteiger partial charge < -0.3 is 25.8 Å². The van der Waals surface area contributed by atoms with E-state index in [2.05, 4.69) is 10.6 Å². The van der Waals surface area contributed by atoms with Crippen molar-refractivity contribution < 1.29 is 19.1 Å². The quantitative estimate of drug-likeness (QED) is 0.729. The second-order valence-electron chi connectivity index (χ2n) is 6.00. The third-order valence-corrected chi connectivity index (χ3v) is 2.87. The number of alkyl carbamates (subject to hydrolysis) is 1. The minimum atomic E-state index is -0.844. The van der Waals surface area contributed by atoms with Crippen molar-refractivity contribution in [2.75, 3.05) is 13.7 Å². The van der Waals surface area contributed by atoms with E-state index in [0.29, 0.717) is 6.54 Å². The smallest absolute Gasteiger partial charge is 0.408 e. The number of methoxy groups -OCH3 is 1. The van der Waals surface area contributed by atoms with E-state index in [4.69, 9.17) is 15.2 Å². The highest BCUT2D eigenvalue weighted by Crippen LogP contribution is 2.11. The molecular weight excluding hydrogens is 298 g/mol. The van der Waals surface area contributed by atoms with Gasteiger partial charge in [0.2, 0.25) is 5.91 Å². The molecule has 4 N–H and O–H groups in total. The van der Waals surface area contributed by atoms with Crippen molar-refractivity contribution in [3.63, 3.8) is 0 Å². The lowest BCUT2D eigenvalue weighted by molar-refractivity contribution is -0.123. The van der Waals surface area contributed by atoms with Crippen molar-refractivity contribution in [3.8, 4) is 5.75 Å². The zero-order chi connectivity index (χ0) is 17.5. The molecule has 0 unspecified atom stereocenters. The molecule has 2 amide bonds. The summed E-state index contributed by atoms with van der Waals surface area (Å²) >= 11 is 0. The van der Waals surface area contributed by atoms with Gasteiger partial charge in [-0.15, -0.1) is 0 Å². The molecule has 23 heavy (non-hydrogen) atoms. The van der Waals surface area contributed by atoms with Gasteiger partial charge in [-0.05, 0) is 38.5 Å². The van der Waals surface area contributed by atoms with Crippen molar-refractivity contribution in [1.82, 2.24) is 10.6 Å². The number of ether oxygens (including phenoxy) is 2. The SMILES string of the molecule is COc1ccc(CNC(=O)[C@H](CN)NC(=O)OC(C)(C)C)cc1. The summed E-state index contributed by atoms with van der Waals surface area (Å²) in [6, 6.07) is 6.46. The highest BCUT2D eigenvalue weighted by atomic mass is 16.6. The molecule has 0 saturated carbocycles. The Bertz CT molecular complexity index is 523. The lowest BCUT2D eigenvalue weighted by atomic mass is 10.2. The molecule has 1 aromatic carbocycles. The van der Waals surface area contributed by atoms with Crippen molar-refractivity contribution in [3.05, 3.63) is 29.8 Å². The highest BCUT2D eigenvalue weighted by Gasteiger charge is 2.23. The van der Waals surface area contributed by atoms with Crippen LogP contribution >= 0.6 is 0 Å². The number of nitrogens with two attached hydrogens (primary N) is 1. The summed E-state index contributed by atoms with van der Waals surface area (Å²) < 4.78 is 10.2. The Balaban J connectivity index is 2.51. The van der Waals surface area contributed by atoms with Crippen LogP contribution in [0.25, 0.3) is 0 Å². The van der Waals surface area contributed by atoms with Crippen LogP contribution in [0.3, 0.4) is 0 Å². The topological polar surface area (TPSA) is 103 Å². The predicted octanol–water partition coefficient (Wildman–Crippen LogP) is 1.16. The molecule has 0 radical (unpaired) electrons. The Kier molecular flexibility index (Phi) is 6.84. The van der Waals surface area contributed by atoms with Gasteiger partial charge in [-0.1, -0.05) is 12.1 Å². The van der Waals surface area contributed by atoms with E-state index in [-0.39, 0.29) is 12.5 Å². The van der Waals surface area contributed by atoms with Crippen LogP contribution in [0, 0.1) is 0 Å². The standard InChI is InChI=1S/C16H25N3O4/c1-16(2,3)23-15(21)19-13(9-17)14(20)18-10-11-5-7-12(22-4)8-6-11/h5-8,13H,9-10,17H2,1-4H3,(H,18,20)(H,19,21)/t13-/m0/s1. The molecule has 0 aromatic heterocycles. The molecule has 7 heteroatoms. The van der Waals surface area contributed by atoms with Crippen LogP contribution < -0.4 is 21.1 Å². The second-order valence-corrected chi connectivity index (χ2v) is 6.00. The minimum absolute atomic E-state index is 0.0202. The van der Waals surface area contributed by atoms with Gasteiger partial charge in [0.1, 0.15) is 17.4 Å². The van der Waals surface area contributed by atoms with E-state index >= 15 is 0 Å². The molecule has 0 heterocycles. The fraction of sp³-hybridized carbons (Fsp3) is 0.500. The first-order valence-electron chi connectivity index (χ1n) is 7.35. The number of carbonyl (C=O) groups is 2. The molecule has 1 rings (SSSR count). The van der Waals surface area contributed by atoms with Crippen molar-refractivity contribution in [2.24, 2.45) is 5.73 Å². The Hall–Kier alpha value is -2.28. The molecule has 7 nitrogen and oxygen atoms in total. The van der Waals surface area contributed by atoms with Crippen LogP contribution in [0.4, 0.5) is 4.79 Å². The molecule has 0 aliphatic carbocycles. The Morgan fingerprint density at radius 2 is 1.83 bits per heavy atom. The van der Waals surface area contributed by atoms with Crippen molar-refractivity contribution >= 4 is 12.0 Å². The summed E-state index contributed by atoms with van der Waals surface area (Å²) in [6.45, 7) is 5.54. The Morgan fingerprint density at radius 3 is 2.30 bits per heavy atom. The summed E-state index contributed by atoms with van der Waals surface area (Å²) in [6.07, 6.45) is -0.674. The van der Waals surface area contributed by atoms with Crippen LogP contribution in [0.1, 0.15) is 26.3 Å². The first-order chi connectivity index (χ1) is 10.7. The fourth-order valence-corrected chi connectivity index (χ4v) is 1.74. The highest BCUT2D eigenvalue weighted by molar-refractivity contribution is 5.85. The number of amides is 2. The van der Waals surface area contributed by atoms with Crippen LogP contribution in [0.15, 0.2) is 24.3 Å². The number of rotatable bonds is 6. The molecular formula is C16H25N3O4. The summed E-state index contributed by atoms with van der Waals surface area (Å²) in [4.78, 5) is 23.8. The number of nitrogens with one attached hydrogen (secondary N) is 2. The Morgan fingerprint density at radius 1 is 1.22 bits per heavy atom.